The van der Waals surface area contributed by atoms with E-state index in [2.05, 4.69) is 6.07 Å². The van der Waals surface area contributed by atoms with E-state index in [0.29, 0.717) is 18.5 Å². The average Bonchev–Trinajstić information content (AvgIpc) is 2.40. The lowest BCUT2D eigenvalue weighted by Crippen LogP contribution is -2.44. The van der Waals surface area contributed by atoms with Gasteiger partial charge in [0.05, 0.1) is 29.6 Å². The molecule has 1 aromatic carbocycles. The summed E-state index contributed by atoms with van der Waals surface area (Å²) in [5.41, 5.74) is 2.16. The fraction of sp³-hybridized carbons (Fsp3) is 0.357. The molecular weight excluding hydrogens is 242 g/mol. The Morgan fingerprint density at radius 1 is 1.42 bits per heavy atom. The zero-order valence-corrected chi connectivity index (χ0v) is 11.0. The van der Waals surface area contributed by atoms with Crippen LogP contribution in [-0.4, -0.2) is 31.8 Å². The van der Waals surface area contributed by atoms with Crippen molar-refractivity contribution in [1.82, 2.24) is 0 Å². The van der Waals surface area contributed by atoms with Crippen LogP contribution in [0.25, 0.3) is 0 Å². The summed E-state index contributed by atoms with van der Waals surface area (Å²) in [6.45, 7) is 2.27. The summed E-state index contributed by atoms with van der Waals surface area (Å²) in [5.74, 6) is 0.0742. The number of ketones is 1. The van der Waals surface area contributed by atoms with E-state index in [9.17, 15) is 9.59 Å². The van der Waals surface area contributed by atoms with Crippen molar-refractivity contribution >= 4 is 23.1 Å². The van der Waals surface area contributed by atoms with Crippen molar-refractivity contribution in [1.29, 1.82) is 5.26 Å². The van der Waals surface area contributed by atoms with Crippen molar-refractivity contribution in [3.8, 4) is 6.07 Å². The quantitative estimate of drug-likeness (QED) is 0.819. The molecule has 0 aromatic heterocycles. The molecule has 0 saturated carbocycles. The van der Waals surface area contributed by atoms with Gasteiger partial charge in [0.25, 0.3) is 0 Å². The Kier molecular flexibility index (Phi) is 3.52. The molecule has 19 heavy (non-hydrogen) atoms. The highest BCUT2D eigenvalue weighted by molar-refractivity contribution is 6.03. The van der Waals surface area contributed by atoms with Gasteiger partial charge in [-0.2, -0.15) is 5.26 Å². The highest BCUT2D eigenvalue weighted by Crippen LogP contribution is 2.33. The van der Waals surface area contributed by atoms with Crippen LogP contribution in [0.2, 0.25) is 0 Å². The summed E-state index contributed by atoms with van der Waals surface area (Å²) in [4.78, 5) is 26.4. The van der Waals surface area contributed by atoms with E-state index in [1.165, 1.54) is 6.92 Å². The number of Topliss-reactive ketones (excluding diaryl/α,β-unsaturated/α-hetero) is 1. The topological polar surface area (TPSA) is 64.4 Å². The van der Waals surface area contributed by atoms with Gasteiger partial charge >= 0.3 is 0 Å². The molecule has 0 saturated heterocycles. The third-order valence-corrected chi connectivity index (χ3v) is 3.24. The number of anilines is 2. The number of hydrogen-bond donors (Lipinski definition) is 0. The number of likely N-dealkylation sites (N-methyl/N-ethyl adjacent to an activating group) is 1. The van der Waals surface area contributed by atoms with E-state index >= 15 is 0 Å². The minimum Gasteiger partial charge on any atom is -0.360 e. The molecule has 1 aliphatic rings. The molecule has 0 atom stereocenters. The predicted octanol–water partition coefficient (Wildman–Crippen LogP) is 1.32. The van der Waals surface area contributed by atoms with E-state index in [1.54, 1.807) is 30.1 Å². The van der Waals surface area contributed by atoms with Gasteiger partial charge in [-0.3, -0.25) is 9.59 Å². The van der Waals surface area contributed by atoms with Gasteiger partial charge in [-0.1, -0.05) is 0 Å². The second kappa shape index (κ2) is 5.11. The van der Waals surface area contributed by atoms with Gasteiger partial charge in [0.15, 0.2) is 0 Å². The SMILES string of the molecule is CC(=O)CCN1CC(=O)N(C)c2ccc(C#N)cc21. The number of amides is 1. The summed E-state index contributed by atoms with van der Waals surface area (Å²) in [5, 5.41) is 8.96. The molecular formula is C14H15N3O2. The first-order valence-electron chi connectivity index (χ1n) is 6.08. The Bertz CT molecular complexity index is 575. The first-order chi connectivity index (χ1) is 9.02. The van der Waals surface area contributed by atoms with Gasteiger partial charge in [-0.05, 0) is 25.1 Å². The van der Waals surface area contributed by atoms with E-state index in [1.807, 2.05) is 4.90 Å². The fourth-order valence-corrected chi connectivity index (χ4v) is 2.11. The molecule has 0 aliphatic carbocycles. The van der Waals surface area contributed by atoms with Crippen LogP contribution in [0.4, 0.5) is 11.4 Å². The maximum atomic E-state index is 11.9. The van der Waals surface area contributed by atoms with Crippen molar-refractivity contribution in [3.05, 3.63) is 23.8 Å². The molecule has 2 rings (SSSR count). The molecule has 1 aromatic rings. The van der Waals surface area contributed by atoms with Gasteiger partial charge in [0, 0.05) is 20.0 Å². The Morgan fingerprint density at radius 3 is 2.79 bits per heavy atom. The fourth-order valence-electron chi connectivity index (χ4n) is 2.11. The van der Waals surface area contributed by atoms with Gasteiger partial charge < -0.3 is 9.80 Å². The number of fused-ring (bicyclic) bond motifs is 1. The molecule has 0 radical (unpaired) electrons. The van der Waals surface area contributed by atoms with Crippen LogP contribution in [0, 0.1) is 11.3 Å². The van der Waals surface area contributed by atoms with E-state index in [4.69, 9.17) is 5.26 Å². The Hall–Kier alpha value is -2.35. The zero-order valence-electron chi connectivity index (χ0n) is 11.0. The van der Waals surface area contributed by atoms with Crippen molar-refractivity contribution in [3.63, 3.8) is 0 Å². The van der Waals surface area contributed by atoms with Crippen molar-refractivity contribution in [2.24, 2.45) is 0 Å². The molecule has 5 nitrogen and oxygen atoms in total. The molecule has 1 amide bonds. The second-order valence-electron chi connectivity index (χ2n) is 4.64. The lowest BCUT2D eigenvalue weighted by molar-refractivity contribution is -0.118. The van der Waals surface area contributed by atoms with Crippen molar-refractivity contribution in [2.75, 3.05) is 29.9 Å². The molecule has 1 heterocycles. The molecule has 0 bridgehead atoms. The third-order valence-electron chi connectivity index (χ3n) is 3.24. The van der Waals surface area contributed by atoms with Crippen LogP contribution in [0.3, 0.4) is 0 Å². The Balaban J connectivity index is 2.38. The largest absolute Gasteiger partial charge is 0.360 e. The minimum absolute atomic E-state index is 0.0132. The van der Waals surface area contributed by atoms with Crippen molar-refractivity contribution in [2.45, 2.75) is 13.3 Å². The van der Waals surface area contributed by atoms with Gasteiger partial charge in [-0.15, -0.1) is 0 Å². The molecule has 0 N–H and O–H groups in total. The first kappa shape index (κ1) is 13.1. The normalized spacial score (nSPS) is 14.1. The number of carbonyl (C=O) groups excluding carboxylic acids is 2. The van der Waals surface area contributed by atoms with Crippen LogP contribution in [-0.2, 0) is 9.59 Å². The maximum Gasteiger partial charge on any atom is 0.246 e. The summed E-state index contributed by atoms with van der Waals surface area (Å²) < 4.78 is 0. The molecule has 0 fully saturated rings. The van der Waals surface area contributed by atoms with E-state index in [0.717, 1.165) is 11.4 Å². The van der Waals surface area contributed by atoms with E-state index in [-0.39, 0.29) is 18.2 Å². The smallest absolute Gasteiger partial charge is 0.246 e. The summed E-state index contributed by atoms with van der Waals surface area (Å²) in [6, 6.07) is 7.31. The molecule has 0 spiro atoms. The number of benzene rings is 1. The maximum absolute atomic E-state index is 11.9. The lowest BCUT2D eigenvalue weighted by Gasteiger charge is -2.35. The van der Waals surface area contributed by atoms with Gasteiger partial charge in [-0.25, -0.2) is 0 Å². The van der Waals surface area contributed by atoms with Crippen LogP contribution in [0.1, 0.15) is 18.9 Å². The molecule has 5 heteroatoms. The predicted molar refractivity (Wildman–Crippen MR) is 72.1 cm³/mol. The van der Waals surface area contributed by atoms with Crippen molar-refractivity contribution < 1.29 is 9.59 Å². The minimum atomic E-state index is -0.0132. The van der Waals surface area contributed by atoms with E-state index < -0.39 is 0 Å². The Labute approximate surface area is 112 Å². The van der Waals surface area contributed by atoms with Crippen LogP contribution < -0.4 is 9.80 Å². The highest BCUT2D eigenvalue weighted by Gasteiger charge is 2.26. The van der Waals surface area contributed by atoms with Crippen LogP contribution in [0.5, 0.6) is 0 Å². The zero-order chi connectivity index (χ0) is 14.0. The second-order valence-corrected chi connectivity index (χ2v) is 4.64. The molecule has 0 unspecified atom stereocenters. The number of nitrogens with zero attached hydrogens (tertiary/aromatic N) is 3. The number of rotatable bonds is 3. The summed E-state index contributed by atoms with van der Waals surface area (Å²) in [7, 11) is 1.72. The number of nitriles is 1. The highest BCUT2D eigenvalue weighted by atomic mass is 16.2. The van der Waals surface area contributed by atoms with Gasteiger partial charge in [0.1, 0.15) is 5.78 Å². The monoisotopic (exact) mass is 257 g/mol. The summed E-state index contributed by atoms with van der Waals surface area (Å²) in [6.07, 6.45) is 0.396. The number of carbonyl (C=O) groups is 2. The van der Waals surface area contributed by atoms with Crippen LogP contribution >= 0.6 is 0 Å². The Morgan fingerprint density at radius 2 is 2.16 bits per heavy atom. The first-order valence-corrected chi connectivity index (χ1v) is 6.08. The average molecular weight is 257 g/mol. The molecule has 1 aliphatic heterocycles. The number of hydrogen-bond acceptors (Lipinski definition) is 4. The lowest BCUT2D eigenvalue weighted by atomic mass is 10.1. The summed E-state index contributed by atoms with van der Waals surface area (Å²) >= 11 is 0. The molecule has 98 valence electrons. The third kappa shape index (κ3) is 2.58. The van der Waals surface area contributed by atoms with Crippen LogP contribution in [0.15, 0.2) is 18.2 Å². The standard InChI is InChI=1S/C14H15N3O2/c1-10(18)5-6-17-9-14(19)16(2)12-4-3-11(8-15)7-13(12)17/h3-4,7H,5-6,9H2,1-2H3. The van der Waals surface area contributed by atoms with Gasteiger partial charge in [0.2, 0.25) is 5.91 Å².